The maximum absolute atomic E-state index is 13.0. The highest BCUT2D eigenvalue weighted by atomic mass is 16.6. The second kappa shape index (κ2) is 11.5. The molecule has 0 unspecified atom stereocenters. The Balaban J connectivity index is 1.41. The summed E-state index contributed by atoms with van der Waals surface area (Å²) in [5, 5.41) is 8.11. The molecule has 0 saturated carbocycles. The number of fused-ring (bicyclic) bond motifs is 1. The SMILES string of the molecule is Cc1cc(C#C[C@H]2O[C@H](COC(=O)c3ccccc3)[C@@H](C)[C@H](C)[C@@H]2OC(=O)c2ccccc2)c2[nH]ncc2c1. The average Bonchev–Trinajstić information content (AvgIpc) is 3.43. The van der Waals surface area contributed by atoms with Crippen LogP contribution < -0.4 is 0 Å². The number of aromatic nitrogens is 2. The van der Waals surface area contributed by atoms with Crippen LogP contribution in [0.3, 0.4) is 0 Å². The number of carbonyl (C=O) groups excluding carboxylic acids is 2. The fourth-order valence-electron chi connectivity index (χ4n) is 4.82. The molecule has 5 atom stereocenters. The molecule has 4 aromatic rings. The largest absolute Gasteiger partial charge is 0.459 e. The van der Waals surface area contributed by atoms with Gasteiger partial charge < -0.3 is 14.2 Å². The number of ether oxygens (including phenoxy) is 3. The Kier molecular flexibility index (Phi) is 7.76. The number of nitrogens with zero attached hydrogens (tertiary/aromatic N) is 1. The van der Waals surface area contributed by atoms with Crippen LogP contribution in [0, 0.1) is 30.6 Å². The molecule has 7 nitrogen and oxygen atoms in total. The molecule has 1 N–H and O–H groups in total. The molecule has 3 aromatic carbocycles. The van der Waals surface area contributed by atoms with E-state index in [-0.39, 0.29) is 18.4 Å². The average molecular weight is 523 g/mol. The van der Waals surface area contributed by atoms with Gasteiger partial charge in [0.15, 0.2) is 6.10 Å². The van der Waals surface area contributed by atoms with Crippen molar-refractivity contribution in [1.29, 1.82) is 0 Å². The van der Waals surface area contributed by atoms with E-state index in [1.54, 1.807) is 54.7 Å². The van der Waals surface area contributed by atoms with Gasteiger partial charge in [-0.2, -0.15) is 5.10 Å². The van der Waals surface area contributed by atoms with Crippen molar-refractivity contribution in [3.05, 3.63) is 101 Å². The van der Waals surface area contributed by atoms with Gasteiger partial charge >= 0.3 is 11.9 Å². The summed E-state index contributed by atoms with van der Waals surface area (Å²) in [6.45, 7) is 6.08. The molecule has 39 heavy (non-hydrogen) atoms. The van der Waals surface area contributed by atoms with Gasteiger partial charge in [-0.05, 0) is 54.8 Å². The fraction of sp³-hybridized carbons (Fsp3) is 0.281. The molecular weight excluding hydrogens is 492 g/mol. The molecule has 1 aliphatic rings. The number of hydrogen-bond donors (Lipinski definition) is 1. The van der Waals surface area contributed by atoms with Crippen molar-refractivity contribution in [1.82, 2.24) is 10.2 Å². The maximum Gasteiger partial charge on any atom is 0.338 e. The molecule has 0 aliphatic carbocycles. The maximum atomic E-state index is 13.0. The summed E-state index contributed by atoms with van der Waals surface area (Å²) < 4.78 is 18.0. The van der Waals surface area contributed by atoms with Gasteiger partial charge in [-0.1, -0.05) is 62.1 Å². The first-order valence-corrected chi connectivity index (χ1v) is 13.0. The van der Waals surface area contributed by atoms with E-state index in [1.807, 2.05) is 45.0 Å². The van der Waals surface area contributed by atoms with Crippen molar-refractivity contribution in [2.75, 3.05) is 6.61 Å². The Labute approximate surface area is 227 Å². The summed E-state index contributed by atoms with van der Waals surface area (Å²) in [4.78, 5) is 25.6. The number of hydrogen-bond acceptors (Lipinski definition) is 6. The first kappa shape index (κ1) is 26.2. The minimum atomic E-state index is -0.734. The van der Waals surface area contributed by atoms with Crippen molar-refractivity contribution in [3.63, 3.8) is 0 Å². The molecular formula is C32H30N2O5. The first-order valence-electron chi connectivity index (χ1n) is 13.0. The number of aryl methyl sites for hydroxylation is 1. The number of carbonyl (C=O) groups is 2. The molecule has 0 bridgehead atoms. The molecule has 1 aromatic heterocycles. The van der Waals surface area contributed by atoms with Crippen LogP contribution in [-0.2, 0) is 14.2 Å². The second-order valence-corrected chi connectivity index (χ2v) is 9.93. The van der Waals surface area contributed by atoms with Crippen molar-refractivity contribution in [2.24, 2.45) is 11.8 Å². The van der Waals surface area contributed by atoms with E-state index in [4.69, 9.17) is 14.2 Å². The molecule has 1 saturated heterocycles. The van der Waals surface area contributed by atoms with E-state index < -0.39 is 30.3 Å². The Hall–Kier alpha value is -4.41. The summed E-state index contributed by atoms with van der Waals surface area (Å²) in [6.07, 6.45) is -0.0231. The highest BCUT2D eigenvalue weighted by Crippen LogP contribution is 2.33. The van der Waals surface area contributed by atoms with Crippen LogP contribution in [0.15, 0.2) is 79.0 Å². The zero-order valence-electron chi connectivity index (χ0n) is 22.1. The molecule has 0 radical (unpaired) electrons. The Morgan fingerprint density at radius 1 is 0.949 bits per heavy atom. The summed E-state index contributed by atoms with van der Waals surface area (Å²) in [5.74, 6) is 5.41. The van der Waals surface area contributed by atoms with Gasteiger partial charge in [-0.15, -0.1) is 0 Å². The Morgan fingerprint density at radius 3 is 2.31 bits per heavy atom. The topological polar surface area (TPSA) is 90.5 Å². The smallest absolute Gasteiger partial charge is 0.338 e. The lowest BCUT2D eigenvalue weighted by Gasteiger charge is -2.42. The lowest BCUT2D eigenvalue weighted by atomic mass is 9.81. The predicted octanol–water partition coefficient (Wildman–Crippen LogP) is 5.35. The molecule has 1 fully saturated rings. The Bertz CT molecular complexity index is 1520. The molecule has 0 spiro atoms. The highest BCUT2D eigenvalue weighted by molar-refractivity contribution is 5.90. The van der Waals surface area contributed by atoms with Crippen molar-refractivity contribution in [3.8, 4) is 11.8 Å². The van der Waals surface area contributed by atoms with Crippen LogP contribution in [0.4, 0.5) is 0 Å². The molecule has 7 heteroatoms. The van der Waals surface area contributed by atoms with Crippen LogP contribution in [0.1, 0.15) is 45.7 Å². The van der Waals surface area contributed by atoms with Gasteiger partial charge in [-0.3, -0.25) is 5.10 Å². The van der Waals surface area contributed by atoms with E-state index in [0.717, 1.165) is 22.0 Å². The van der Waals surface area contributed by atoms with Gasteiger partial charge in [0.05, 0.1) is 34.5 Å². The van der Waals surface area contributed by atoms with Crippen LogP contribution in [-0.4, -0.2) is 47.1 Å². The lowest BCUT2D eigenvalue weighted by Crippen LogP contribution is -2.52. The van der Waals surface area contributed by atoms with E-state index in [1.165, 1.54) is 0 Å². The van der Waals surface area contributed by atoms with Crippen LogP contribution in [0.25, 0.3) is 10.9 Å². The minimum Gasteiger partial charge on any atom is -0.459 e. The highest BCUT2D eigenvalue weighted by Gasteiger charge is 2.43. The van der Waals surface area contributed by atoms with Crippen LogP contribution in [0.2, 0.25) is 0 Å². The second-order valence-electron chi connectivity index (χ2n) is 9.93. The van der Waals surface area contributed by atoms with Gasteiger partial charge in [0.1, 0.15) is 12.7 Å². The number of aromatic amines is 1. The standard InChI is InChI=1S/C32H30N2O5/c1-20-16-25(29-26(17-20)18-33-34-29)14-15-27-30(39-32(36)24-12-8-5-9-13-24)22(3)21(2)28(38-27)19-37-31(35)23-10-6-4-7-11-23/h4-13,16-18,21-22,27-28,30H,19H2,1-3H3,(H,33,34)/t21-,22-,27+,28+,30-/m0/s1. The van der Waals surface area contributed by atoms with Crippen molar-refractivity contribution in [2.45, 2.75) is 39.1 Å². The summed E-state index contributed by atoms with van der Waals surface area (Å²) in [6, 6.07) is 21.7. The summed E-state index contributed by atoms with van der Waals surface area (Å²) in [5.41, 5.74) is 3.59. The molecule has 5 rings (SSSR count). The fourth-order valence-corrected chi connectivity index (χ4v) is 4.82. The number of rotatable bonds is 5. The molecule has 0 amide bonds. The molecule has 1 aliphatic heterocycles. The van der Waals surface area contributed by atoms with E-state index in [2.05, 4.69) is 22.0 Å². The first-order chi connectivity index (χ1) is 18.9. The Morgan fingerprint density at radius 2 is 1.62 bits per heavy atom. The predicted molar refractivity (Wildman–Crippen MR) is 147 cm³/mol. The van der Waals surface area contributed by atoms with Crippen molar-refractivity contribution >= 4 is 22.8 Å². The van der Waals surface area contributed by atoms with Crippen molar-refractivity contribution < 1.29 is 23.8 Å². The van der Waals surface area contributed by atoms with E-state index in [9.17, 15) is 9.59 Å². The minimum absolute atomic E-state index is 0.0615. The summed E-state index contributed by atoms with van der Waals surface area (Å²) >= 11 is 0. The number of H-pyrrole nitrogens is 1. The monoisotopic (exact) mass is 522 g/mol. The third-order valence-corrected chi connectivity index (χ3v) is 7.24. The van der Waals surface area contributed by atoms with E-state index in [0.29, 0.717) is 11.1 Å². The lowest BCUT2D eigenvalue weighted by molar-refractivity contribution is -0.160. The quantitative estimate of drug-likeness (QED) is 0.281. The number of benzene rings is 3. The van der Waals surface area contributed by atoms with Crippen LogP contribution in [0.5, 0.6) is 0 Å². The number of nitrogens with one attached hydrogen (secondary N) is 1. The van der Waals surface area contributed by atoms with Gasteiger partial charge in [0.25, 0.3) is 0 Å². The molecule has 198 valence electrons. The normalized spacial score (nSPS) is 22.5. The zero-order valence-corrected chi connectivity index (χ0v) is 22.1. The van der Waals surface area contributed by atoms with Gasteiger partial charge in [-0.25, -0.2) is 9.59 Å². The third-order valence-electron chi connectivity index (χ3n) is 7.24. The summed E-state index contributed by atoms with van der Waals surface area (Å²) in [7, 11) is 0. The molecule has 2 heterocycles. The number of esters is 2. The van der Waals surface area contributed by atoms with Gasteiger partial charge in [0.2, 0.25) is 0 Å². The van der Waals surface area contributed by atoms with Crippen LogP contribution >= 0.6 is 0 Å². The third kappa shape index (κ3) is 5.87. The van der Waals surface area contributed by atoms with E-state index >= 15 is 0 Å². The van der Waals surface area contributed by atoms with Gasteiger partial charge in [0, 0.05) is 11.3 Å². The zero-order chi connectivity index (χ0) is 27.4.